The Morgan fingerprint density at radius 1 is 0.739 bits per heavy atom. The third kappa shape index (κ3) is 3.58. The molecule has 0 aliphatic rings. The van der Waals surface area contributed by atoms with Crippen LogP contribution in [0.15, 0.2) is 96.1 Å². The maximum atomic E-state index is 5.74. The monoisotopic (exact) mass is 301 g/mol. The fourth-order valence-corrected chi connectivity index (χ4v) is 2.58. The largest absolute Gasteiger partial charge is 0.373 e. The van der Waals surface area contributed by atoms with Gasteiger partial charge in [0.2, 0.25) is 0 Å². The molecular formula is C20H19N3. The molecule has 0 saturated carbocycles. The van der Waals surface area contributed by atoms with Gasteiger partial charge in [0.1, 0.15) is 0 Å². The SMILES string of the molecule is NN=C(c1ccccc1)C(Nc1ccccc1)c1ccccc1. The van der Waals surface area contributed by atoms with Crippen LogP contribution in [-0.4, -0.2) is 5.71 Å². The normalized spacial score (nSPS) is 12.6. The summed E-state index contributed by atoms with van der Waals surface area (Å²) in [5.41, 5.74) is 3.95. The Bertz CT molecular complexity index is 753. The van der Waals surface area contributed by atoms with Gasteiger partial charge in [-0.3, -0.25) is 0 Å². The highest BCUT2D eigenvalue weighted by Crippen LogP contribution is 2.24. The molecule has 0 heterocycles. The van der Waals surface area contributed by atoms with Crippen LogP contribution in [0.25, 0.3) is 0 Å². The molecule has 0 aliphatic heterocycles. The van der Waals surface area contributed by atoms with Crippen LogP contribution in [0.1, 0.15) is 17.2 Å². The van der Waals surface area contributed by atoms with E-state index in [4.69, 9.17) is 5.84 Å². The molecule has 3 aromatic carbocycles. The van der Waals surface area contributed by atoms with Gasteiger partial charge in [0.15, 0.2) is 0 Å². The number of hydrazone groups is 1. The Hall–Kier alpha value is -3.07. The van der Waals surface area contributed by atoms with Crippen molar-refractivity contribution in [2.45, 2.75) is 6.04 Å². The average Bonchev–Trinajstić information content (AvgIpc) is 2.64. The van der Waals surface area contributed by atoms with Crippen molar-refractivity contribution in [1.82, 2.24) is 0 Å². The predicted octanol–water partition coefficient (Wildman–Crippen LogP) is 4.20. The van der Waals surface area contributed by atoms with E-state index in [9.17, 15) is 0 Å². The van der Waals surface area contributed by atoms with Gasteiger partial charge in [-0.2, -0.15) is 5.10 Å². The number of para-hydroxylation sites is 1. The summed E-state index contributed by atoms with van der Waals surface area (Å²) in [4.78, 5) is 0. The lowest BCUT2D eigenvalue weighted by Crippen LogP contribution is -2.23. The van der Waals surface area contributed by atoms with Crippen LogP contribution < -0.4 is 11.2 Å². The molecule has 3 aromatic rings. The molecule has 0 bridgehead atoms. The summed E-state index contributed by atoms with van der Waals surface area (Å²) >= 11 is 0. The first-order valence-corrected chi connectivity index (χ1v) is 7.58. The number of anilines is 1. The summed E-state index contributed by atoms with van der Waals surface area (Å²) in [5, 5.41) is 7.62. The fraction of sp³-hybridized carbons (Fsp3) is 0.0500. The van der Waals surface area contributed by atoms with E-state index in [1.54, 1.807) is 0 Å². The topological polar surface area (TPSA) is 50.4 Å². The second kappa shape index (κ2) is 7.27. The molecule has 0 saturated heterocycles. The van der Waals surface area contributed by atoms with E-state index in [2.05, 4.69) is 22.6 Å². The molecular weight excluding hydrogens is 282 g/mol. The van der Waals surface area contributed by atoms with Gasteiger partial charge in [-0.25, -0.2) is 0 Å². The van der Waals surface area contributed by atoms with Gasteiger partial charge in [-0.1, -0.05) is 78.9 Å². The molecule has 0 fully saturated rings. The Labute approximate surface area is 136 Å². The summed E-state index contributed by atoms with van der Waals surface area (Å²) in [6.07, 6.45) is 0. The average molecular weight is 301 g/mol. The number of rotatable bonds is 5. The maximum Gasteiger partial charge on any atom is 0.0964 e. The molecule has 3 nitrogen and oxygen atoms in total. The van der Waals surface area contributed by atoms with Crippen molar-refractivity contribution in [3.05, 3.63) is 102 Å². The second-order valence-electron chi connectivity index (χ2n) is 5.23. The lowest BCUT2D eigenvalue weighted by Gasteiger charge is -2.22. The Kier molecular flexibility index (Phi) is 4.69. The van der Waals surface area contributed by atoms with Crippen molar-refractivity contribution in [2.24, 2.45) is 10.9 Å². The van der Waals surface area contributed by atoms with E-state index in [0.29, 0.717) is 0 Å². The van der Waals surface area contributed by atoms with Crippen LogP contribution in [0.5, 0.6) is 0 Å². The Morgan fingerprint density at radius 2 is 1.26 bits per heavy atom. The van der Waals surface area contributed by atoms with Gasteiger partial charge in [-0.05, 0) is 17.7 Å². The third-order valence-corrected chi connectivity index (χ3v) is 3.70. The number of hydrogen-bond donors (Lipinski definition) is 2. The quantitative estimate of drug-likeness (QED) is 0.421. The Morgan fingerprint density at radius 3 is 1.83 bits per heavy atom. The van der Waals surface area contributed by atoms with Crippen LogP contribution in [0, 0.1) is 0 Å². The summed E-state index contributed by atoms with van der Waals surface area (Å²) in [5.74, 6) is 5.74. The lowest BCUT2D eigenvalue weighted by atomic mass is 9.96. The molecule has 23 heavy (non-hydrogen) atoms. The summed E-state index contributed by atoms with van der Waals surface area (Å²) in [7, 11) is 0. The van der Waals surface area contributed by atoms with Crippen LogP contribution in [-0.2, 0) is 0 Å². The van der Waals surface area contributed by atoms with Crippen LogP contribution >= 0.6 is 0 Å². The summed E-state index contributed by atoms with van der Waals surface area (Å²) in [6.45, 7) is 0. The summed E-state index contributed by atoms with van der Waals surface area (Å²) < 4.78 is 0. The lowest BCUT2D eigenvalue weighted by molar-refractivity contribution is 1.01. The number of nitrogens with zero attached hydrogens (tertiary/aromatic N) is 1. The predicted molar refractivity (Wildman–Crippen MR) is 96.4 cm³/mol. The van der Waals surface area contributed by atoms with E-state index >= 15 is 0 Å². The molecule has 3 heteroatoms. The fourth-order valence-electron chi connectivity index (χ4n) is 2.58. The van der Waals surface area contributed by atoms with E-state index in [1.165, 1.54) is 0 Å². The molecule has 114 valence electrons. The van der Waals surface area contributed by atoms with Gasteiger partial charge >= 0.3 is 0 Å². The first-order chi connectivity index (χ1) is 11.4. The van der Waals surface area contributed by atoms with Crippen LogP contribution in [0.4, 0.5) is 5.69 Å². The second-order valence-corrected chi connectivity index (χ2v) is 5.23. The van der Waals surface area contributed by atoms with Crippen molar-refractivity contribution in [2.75, 3.05) is 5.32 Å². The molecule has 0 amide bonds. The first kappa shape index (κ1) is 14.9. The van der Waals surface area contributed by atoms with Crippen LogP contribution in [0.2, 0.25) is 0 Å². The molecule has 3 N–H and O–H groups in total. The molecule has 0 spiro atoms. The van der Waals surface area contributed by atoms with E-state index in [1.807, 2.05) is 78.9 Å². The molecule has 0 aromatic heterocycles. The standard InChI is InChI=1S/C20H19N3/c21-23-20(17-12-6-2-7-13-17)19(16-10-4-1-5-11-16)22-18-14-8-3-9-15-18/h1-15,19,22H,21H2. The van der Waals surface area contributed by atoms with Crippen molar-refractivity contribution < 1.29 is 0 Å². The number of nitrogens with two attached hydrogens (primary N) is 1. The summed E-state index contributed by atoms with van der Waals surface area (Å²) in [6, 6.07) is 30.2. The third-order valence-electron chi connectivity index (χ3n) is 3.70. The maximum absolute atomic E-state index is 5.74. The zero-order valence-corrected chi connectivity index (χ0v) is 12.8. The zero-order chi connectivity index (χ0) is 15.9. The van der Waals surface area contributed by atoms with Gasteiger partial charge in [-0.15, -0.1) is 0 Å². The van der Waals surface area contributed by atoms with Crippen molar-refractivity contribution in [1.29, 1.82) is 0 Å². The Balaban J connectivity index is 2.01. The van der Waals surface area contributed by atoms with Crippen molar-refractivity contribution in [3.63, 3.8) is 0 Å². The number of benzene rings is 3. The van der Waals surface area contributed by atoms with Crippen molar-refractivity contribution >= 4 is 11.4 Å². The molecule has 0 radical (unpaired) electrons. The molecule has 0 aliphatic carbocycles. The first-order valence-electron chi connectivity index (χ1n) is 7.58. The number of hydrogen-bond acceptors (Lipinski definition) is 3. The molecule has 1 atom stereocenters. The minimum atomic E-state index is -0.119. The van der Waals surface area contributed by atoms with Gasteiger partial charge < -0.3 is 11.2 Å². The minimum Gasteiger partial charge on any atom is -0.373 e. The van der Waals surface area contributed by atoms with Crippen molar-refractivity contribution in [3.8, 4) is 0 Å². The molecule has 1 unspecified atom stereocenters. The highest BCUT2D eigenvalue weighted by molar-refractivity contribution is 6.06. The van der Waals surface area contributed by atoms with Gasteiger partial charge in [0, 0.05) is 11.3 Å². The van der Waals surface area contributed by atoms with E-state index in [-0.39, 0.29) is 6.04 Å². The smallest absolute Gasteiger partial charge is 0.0964 e. The van der Waals surface area contributed by atoms with Gasteiger partial charge in [0.05, 0.1) is 11.8 Å². The van der Waals surface area contributed by atoms with E-state index < -0.39 is 0 Å². The number of nitrogens with one attached hydrogen (secondary N) is 1. The molecule has 3 rings (SSSR count). The van der Waals surface area contributed by atoms with Gasteiger partial charge in [0.25, 0.3) is 0 Å². The minimum absolute atomic E-state index is 0.119. The van der Waals surface area contributed by atoms with E-state index in [0.717, 1.165) is 22.5 Å². The van der Waals surface area contributed by atoms with Crippen LogP contribution in [0.3, 0.4) is 0 Å². The highest BCUT2D eigenvalue weighted by atomic mass is 15.1. The zero-order valence-electron chi connectivity index (χ0n) is 12.8. The highest BCUT2D eigenvalue weighted by Gasteiger charge is 2.19.